The second kappa shape index (κ2) is 6.67. The van der Waals surface area contributed by atoms with Crippen LogP contribution in [0.3, 0.4) is 0 Å². The van der Waals surface area contributed by atoms with E-state index in [4.69, 9.17) is 4.99 Å². The van der Waals surface area contributed by atoms with Gasteiger partial charge in [-0.2, -0.15) is 0 Å². The van der Waals surface area contributed by atoms with Gasteiger partial charge in [0.25, 0.3) is 0 Å². The Labute approximate surface area is 143 Å². The van der Waals surface area contributed by atoms with Gasteiger partial charge in [-0.25, -0.2) is 0 Å². The van der Waals surface area contributed by atoms with Gasteiger partial charge < -0.3 is 0 Å². The third-order valence-corrected chi connectivity index (χ3v) is 4.45. The molecule has 0 heterocycles. The zero-order chi connectivity index (χ0) is 16.2. The molecule has 1 aliphatic rings. The van der Waals surface area contributed by atoms with Crippen LogP contribution in [0.1, 0.15) is 23.5 Å². The molecular weight excluding hydrogens is 290 g/mol. The number of rotatable bonds is 3. The summed E-state index contributed by atoms with van der Waals surface area (Å²) in [5, 5.41) is 0. The molecule has 1 atom stereocenters. The number of allylic oxidation sites excluding steroid dienone is 2. The number of benzene rings is 3. The fourth-order valence-electron chi connectivity index (χ4n) is 3.30. The summed E-state index contributed by atoms with van der Waals surface area (Å²) in [6.45, 7) is 0. The molecule has 24 heavy (non-hydrogen) atoms. The Morgan fingerprint density at radius 3 is 1.92 bits per heavy atom. The summed E-state index contributed by atoms with van der Waals surface area (Å²) in [5.74, 6) is 0.371. The number of para-hydroxylation sites is 1. The SMILES string of the molecule is C1=C(c2ccccc2)C(c2ccccc2)CC1=Nc1ccccc1. The smallest absolute Gasteiger partial charge is 0.0632 e. The van der Waals surface area contributed by atoms with Crippen LogP contribution in [-0.4, -0.2) is 5.71 Å². The highest BCUT2D eigenvalue weighted by Crippen LogP contribution is 2.40. The summed E-state index contributed by atoms with van der Waals surface area (Å²) in [5.41, 5.74) is 6.16. The molecular formula is C23H19N. The van der Waals surface area contributed by atoms with Crippen molar-refractivity contribution in [2.24, 2.45) is 4.99 Å². The minimum Gasteiger partial charge on any atom is -0.253 e. The van der Waals surface area contributed by atoms with E-state index in [0.717, 1.165) is 17.8 Å². The van der Waals surface area contributed by atoms with Crippen molar-refractivity contribution in [2.75, 3.05) is 0 Å². The molecule has 1 heteroatoms. The quantitative estimate of drug-likeness (QED) is 0.560. The summed E-state index contributed by atoms with van der Waals surface area (Å²) < 4.78 is 0. The second-order valence-corrected chi connectivity index (χ2v) is 6.07. The molecule has 0 aliphatic heterocycles. The highest BCUT2D eigenvalue weighted by atomic mass is 14.7. The maximum Gasteiger partial charge on any atom is 0.0632 e. The Kier molecular flexibility index (Phi) is 4.07. The first-order chi connectivity index (χ1) is 11.9. The fourth-order valence-corrected chi connectivity index (χ4v) is 3.30. The molecule has 0 bridgehead atoms. The summed E-state index contributed by atoms with van der Waals surface area (Å²) in [4.78, 5) is 4.85. The molecule has 0 saturated heterocycles. The van der Waals surface area contributed by atoms with Crippen molar-refractivity contribution in [2.45, 2.75) is 12.3 Å². The fraction of sp³-hybridized carbons (Fsp3) is 0.0870. The van der Waals surface area contributed by atoms with Crippen molar-refractivity contribution < 1.29 is 0 Å². The number of aliphatic imine (C=N–C) groups is 1. The van der Waals surface area contributed by atoms with E-state index in [1.54, 1.807) is 0 Å². The zero-order valence-electron chi connectivity index (χ0n) is 13.5. The van der Waals surface area contributed by atoms with Gasteiger partial charge in [0.05, 0.1) is 5.69 Å². The van der Waals surface area contributed by atoms with E-state index in [1.165, 1.54) is 16.7 Å². The van der Waals surface area contributed by atoms with Gasteiger partial charge >= 0.3 is 0 Å². The van der Waals surface area contributed by atoms with Crippen LogP contribution in [0.4, 0.5) is 5.69 Å². The third-order valence-electron chi connectivity index (χ3n) is 4.45. The molecule has 4 rings (SSSR count). The van der Waals surface area contributed by atoms with Crippen molar-refractivity contribution in [1.29, 1.82) is 0 Å². The first-order valence-corrected chi connectivity index (χ1v) is 8.35. The van der Waals surface area contributed by atoms with E-state index in [1.807, 2.05) is 18.2 Å². The maximum atomic E-state index is 4.85. The van der Waals surface area contributed by atoms with E-state index in [2.05, 4.69) is 78.9 Å². The van der Waals surface area contributed by atoms with Crippen LogP contribution in [0.25, 0.3) is 5.57 Å². The Balaban J connectivity index is 1.75. The lowest BCUT2D eigenvalue weighted by Crippen LogP contribution is -1.99. The van der Waals surface area contributed by atoms with E-state index < -0.39 is 0 Å². The molecule has 0 radical (unpaired) electrons. The Bertz CT molecular complexity index is 862. The van der Waals surface area contributed by atoms with Gasteiger partial charge in [-0.15, -0.1) is 0 Å². The Morgan fingerprint density at radius 2 is 1.25 bits per heavy atom. The average molecular weight is 309 g/mol. The molecule has 0 fully saturated rings. The summed E-state index contributed by atoms with van der Waals surface area (Å²) in [7, 11) is 0. The van der Waals surface area contributed by atoms with Crippen LogP contribution in [0.2, 0.25) is 0 Å². The summed E-state index contributed by atoms with van der Waals surface area (Å²) in [6, 6.07) is 31.6. The van der Waals surface area contributed by atoms with Gasteiger partial charge in [0.15, 0.2) is 0 Å². The van der Waals surface area contributed by atoms with Crippen LogP contribution in [0.15, 0.2) is 102 Å². The molecule has 0 aromatic heterocycles. The van der Waals surface area contributed by atoms with Crippen molar-refractivity contribution in [3.8, 4) is 0 Å². The maximum absolute atomic E-state index is 4.85. The molecule has 0 N–H and O–H groups in total. The largest absolute Gasteiger partial charge is 0.253 e. The van der Waals surface area contributed by atoms with E-state index in [-0.39, 0.29) is 0 Å². The van der Waals surface area contributed by atoms with Crippen LogP contribution in [0, 0.1) is 0 Å². The molecule has 1 unspecified atom stereocenters. The van der Waals surface area contributed by atoms with Gasteiger partial charge in [0.2, 0.25) is 0 Å². The van der Waals surface area contributed by atoms with Crippen molar-refractivity contribution in [3.05, 3.63) is 108 Å². The van der Waals surface area contributed by atoms with Crippen molar-refractivity contribution >= 4 is 17.0 Å². The Morgan fingerprint density at radius 1 is 0.667 bits per heavy atom. The van der Waals surface area contributed by atoms with Crippen LogP contribution < -0.4 is 0 Å². The highest BCUT2D eigenvalue weighted by Gasteiger charge is 2.25. The highest BCUT2D eigenvalue weighted by molar-refractivity contribution is 6.08. The molecule has 3 aromatic carbocycles. The van der Waals surface area contributed by atoms with E-state index >= 15 is 0 Å². The number of nitrogens with zero attached hydrogens (tertiary/aromatic N) is 1. The molecule has 116 valence electrons. The van der Waals surface area contributed by atoms with Crippen LogP contribution >= 0.6 is 0 Å². The van der Waals surface area contributed by atoms with Gasteiger partial charge in [-0.3, -0.25) is 4.99 Å². The zero-order valence-corrected chi connectivity index (χ0v) is 13.5. The minimum absolute atomic E-state index is 0.371. The average Bonchev–Trinajstić information content (AvgIpc) is 3.08. The predicted molar refractivity (Wildman–Crippen MR) is 102 cm³/mol. The van der Waals surface area contributed by atoms with Crippen molar-refractivity contribution in [3.63, 3.8) is 0 Å². The van der Waals surface area contributed by atoms with Crippen LogP contribution in [0.5, 0.6) is 0 Å². The monoisotopic (exact) mass is 309 g/mol. The minimum atomic E-state index is 0.371. The number of hydrogen-bond acceptors (Lipinski definition) is 1. The lowest BCUT2D eigenvalue weighted by Gasteiger charge is -2.15. The van der Waals surface area contributed by atoms with E-state index in [0.29, 0.717) is 5.92 Å². The molecule has 0 spiro atoms. The van der Waals surface area contributed by atoms with Gasteiger partial charge in [-0.1, -0.05) is 78.9 Å². The van der Waals surface area contributed by atoms with Crippen LogP contribution in [-0.2, 0) is 0 Å². The van der Waals surface area contributed by atoms with Gasteiger partial charge in [-0.05, 0) is 34.9 Å². The standard InChI is InChI=1S/C23H19N/c1-4-10-18(11-5-1)22-16-21(24-20-14-8-3-9-15-20)17-23(22)19-12-6-2-7-13-19/h1-16,23H,17H2. The summed E-state index contributed by atoms with van der Waals surface area (Å²) >= 11 is 0. The number of hydrogen-bond donors (Lipinski definition) is 0. The van der Waals surface area contributed by atoms with Gasteiger partial charge in [0.1, 0.15) is 0 Å². The van der Waals surface area contributed by atoms with Crippen molar-refractivity contribution in [1.82, 2.24) is 0 Å². The molecule has 1 nitrogen and oxygen atoms in total. The Hall–Kier alpha value is -2.93. The molecule has 0 amide bonds. The summed E-state index contributed by atoms with van der Waals surface area (Å²) in [6.07, 6.45) is 3.21. The first kappa shape index (κ1) is 14.6. The molecule has 1 aliphatic carbocycles. The van der Waals surface area contributed by atoms with E-state index in [9.17, 15) is 0 Å². The first-order valence-electron chi connectivity index (χ1n) is 8.35. The second-order valence-electron chi connectivity index (χ2n) is 6.07. The topological polar surface area (TPSA) is 12.4 Å². The predicted octanol–water partition coefficient (Wildman–Crippen LogP) is 6.03. The van der Waals surface area contributed by atoms with Gasteiger partial charge in [0, 0.05) is 18.1 Å². The molecule has 0 saturated carbocycles. The lowest BCUT2D eigenvalue weighted by molar-refractivity contribution is 0.937. The lowest BCUT2D eigenvalue weighted by atomic mass is 9.88. The third kappa shape index (κ3) is 3.07. The normalized spacial score (nSPS) is 18.6. The molecule has 3 aromatic rings.